The highest BCUT2D eigenvalue weighted by molar-refractivity contribution is 6.32. The number of allylic oxidation sites excluding steroid dienone is 4. The van der Waals surface area contributed by atoms with Gasteiger partial charge in [-0.2, -0.15) is 0 Å². The zero-order valence-electron chi connectivity index (χ0n) is 11.2. The zero-order chi connectivity index (χ0) is 15.4. The third-order valence-electron chi connectivity index (χ3n) is 3.42. The highest BCUT2D eigenvalue weighted by Crippen LogP contribution is 2.25. The van der Waals surface area contributed by atoms with E-state index in [-0.39, 0.29) is 24.1 Å². The fourth-order valence-electron chi connectivity index (χ4n) is 2.20. The number of aliphatic hydroxyl groups excluding tert-OH is 1. The first-order valence-corrected chi connectivity index (χ1v) is 7.58. The van der Waals surface area contributed by atoms with Crippen LogP contribution in [0.5, 0.6) is 0 Å². The van der Waals surface area contributed by atoms with Crippen LogP contribution < -0.4 is 5.32 Å². The van der Waals surface area contributed by atoms with Gasteiger partial charge in [-0.15, -0.1) is 28.9 Å². The van der Waals surface area contributed by atoms with Gasteiger partial charge in [0.1, 0.15) is 6.17 Å². The average Bonchev–Trinajstić information content (AvgIpc) is 2.45. The van der Waals surface area contributed by atoms with E-state index in [9.17, 15) is 14.3 Å². The van der Waals surface area contributed by atoms with Gasteiger partial charge in [-0.1, -0.05) is 12.2 Å². The Morgan fingerprint density at radius 1 is 1.52 bits per heavy atom. The van der Waals surface area contributed by atoms with E-state index in [4.69, 9.17) is 23.2 Å². The molecule has 1 saturated carbocycles. The van der Waals surface area contributed by atoms with Crippen molar-refractivity contribution in [3.63, 3.8) is 0 Å². The maximum absolute atomic E-state index is 13.1. The highest BCUT2D eigenvalue weighted by atomic mass is 35.5. The third-order valence-corrected chi connectivity index (χ3v) is 4.45. The van der Waals surface area contributed by atoms with E-state index >= 15 is 0 Å². The quantitative estimate of drug-likeness (QED) is 0.464. The standard InChI is InChI=1S/C15H16Cl2FNO2/c16-10-2-1-3-12(15(10)17)19-14(21)7-5-9-4-6-11(18)13(20)8-9/h1-3,7,10-11,13,15,20H,4,6,8H2,(H,19,21). The summed E-state index contributed by atoms with van der Waals surface area (Å²) < 4.78 is 13.1. The minimum Gasteiger partial charge on any atom is -0.390 e. The number of halogens is 3. The fraction of sp³-hybridized carbons (Fsp3) is 0.467. The van der Waals surface area contributed by atoms with Crippen molar-refractivity contribution in [1.82, 2.24) is 5.32 Å². The number of aliphatic hydroxyl groups is 1. The molecule has 2 aliphatic carbocycles. The third kappa shape index (κ3) is 4.45. The van der Waals surface area contributed by atoms with Crippen LogP contribution in [0.2, 0.25) is 0 Å². The van der Waals surface area contributed by atoms with Gasteiger partial charge in [0.15, 0.2) is 0 Å². The molecule has 0 aromatic heterocycles. The molecule has 114 valence electrons. The molecule has 4 atom stereocenters. The van der Waals surface area contributed by atoms with E-state index in [1.807, 2.05) is 0 Å². The van der Waals surface area contributed by atoms with Crippen molar-refractivity contribution in [1.29, 1.82) is 0 Å². The van der Waals surface area contributed by atoms with Crippen molar-refractivity contribution < 1.29 is 14.3 Å². The van der Waals surface area contributed by atoms with Crippen LogP contribution in [-0.4, -0.2) is 34.0 Å². The summed E-state index contributed by atoms with van der Waals surface area (Å²) in [6, 6.07) is 0. The van der Waals surface area contributed by atoms with Gasteiger partial charge in [-0.3, -0.25) is 4.79 Å². The van der Waals surface area contributed by atoms with Crippen LogP contribution in [-0.2, 0) is 4.79 Å². The minimum atomic E-state index is -1.19. The Kier molecular flexibility index (Phi) is 5.65. The van der Waals surface area contributed by atoms with Crippen molar-refractivity contribution in [2.45, 2.75) is 42.3 Å². The summed E-state index contributed by atoms with van der Waals surface area (Å²) in [6.07, 6.45) is 5.16. The summed E-state index contributed by atoms with van der Waals surface area (Å²) in [5, 5.41) is 11.2. The minimum absolute atomic E-state index is 0.207. The number of hydrogen-bond acceptors (Lipinski definition) is 2. The number of alkyl halides is 3. The molecule has 1 amide bonds. The Labute approximate surface area is 132 Å². The Bertz CT molecular complexity index is 538. The van der Waals surface area contributed by atoms with Gasteiger partial charge in [-0.25, -0.2) is 4.39 Å². The normalized spacial score (nSPS) is 32.2. The maximum atomic E-state index is 13.1. The lowest BCUT2D eigenvalue weighted by molar-refractivity contribution is -0.115. The molecule has 0 heterocycles. The Morgan fingerprint density at radius 3 is 3.00 bits per heavy atom. The van der Waals surface area contributed by atoms with Crippen molar-refractivity contribution in [3.8, 4) is 0 Å². The van der Waals surface area contributed by atoms with Gasteiger partial charge in [0.25, 0.3) is 5.91 Å². The van der Waals surface area contributed by atoms with Crippen LogP contribution in [0.4, 0.5) is 4.39 Å². The number of amides is 1. The van der Waals surface area contributed by atoms with Crippen LogP contribution in [0.3, 0.4) is 0 Å². The molecular weight excluding hydrogens is 316 g/mol. The number of rotatable bonds is 2. The Morgan fingerprint density at radius 2 is 2.29 bits per heavy atom. The van der Waals surface area contributed by atoms with Crippen molar-refractivity contribution in [3.05, 3.63) is 41.3 Å². The fourth-order valence-corrected chi connectivity index (χ4v) is 2.63. The van der Waals surface area contributed by atoms with Crippen LogP contribution in [0.1, 0.15) is 19.3 Å². The molecular formula is C15H16Cl2FNO2. The van der Waals surface area contributed by atoms with Gasteiger partial charge in [-0.05, 0) is 24.5 Å². The summed E-state index contributed by atoms with van der Waals surface area (Å²) >= 11 is 12.1. The van der Waals surface area contributed by atoms with E-state index in [0.29, 0.717) is 12.1 Å². The summed E-state index contributed by atoms with van der Waals surface area (Å²) in [5.41, 5.74) is 4.08. The van der Waals surface area contributed by atoms with E-state index in [1.54, 1.807) is 18.2 Å². The molecule has 0 aromatic rings. The smallest absolute Gasteiger partial charge is 0.255 e. The molecule has 6 heteroatoms. The molecule has 2 rings (SSSR count). The van der Waals surface area contributed by atoms with E-state index in [0.717, 1.165) is 5.57 Å². The number of carbonyl (C=O) groups is 1. The van der Waals surface area contributed by atoms with Gasteiger partial charge >= 0.3 is 0 Å². The zero-order valence-corrected chi connectivity index (χ0v) is 12.7. The van der Waals surface area contributed by atoms with Gasteiger partial charge in [0.2, 0.25) is 0 Å². The molecule has 0 radical (unpaired) electrons. The second-order valence-electron chi connectivity index (χ2n) is 5.06. The average molecular weight is 332 g/mol. The molecule has 2 aliphatic rings. The van der Waals surface area contributed by atoms with Crippen molar-refractivity contribution in [2.24, 2.45) is 0 Å². The van der Waals surface area contributed by atoms with E-state index in [1.165, 1.54) is 6.08 Å². The number of carbonyl (C=O) groups excluding carboxylic acids is 1. The van der Waals surface area contributed by atoms with Gasteiger partial charge in [0, 0.05) is 18.2 Å². The monoisotopic (exact) mass is 331 g/mol. The van der Waals surface area contributed by atoms with Crippen LogP contribution in [0, 0.1) is 0 Å². The number of nitrogens with one attached hydrogen (secondary N) is 1. The van der Waals surface area contributed by atoms with Gasteiger partial charge in [0.05, 0.1) is 16.9 Å². The van der Waals surface area contributed by atoms with E-state index < -0.39 is 17.7 Å². The first-order valence-electron chi connectivity index (χ1n) is 6.71. The summed E-state index contributed by atoms with van der Waals surface area (Å²) in [7, 11) is 0. The summed E-state index contributed by atoms with van der Waals surface area (Å²) in [5.74, 6) is -0.379. The number of hydrogen-bond donors (Lipinski definition) is 2. The molecule has 0 aromatic carbocycles. The predicted octanol–water partition coefficient (Wildman–Crippen LogP) is 2.74. The summed E-state index contributed by atoms with van der Waals surface area (Å²) in [4.78, 5) is 11.8. The lowest BCUT2D eigenvalue weighted by Crippen LogP contribution is -2.31. The van der Waals surface area contributed by atoms with Crippen LogP contribution >= 0.6 is 23.2 Å². The molecule has 1 fully saturated rings. The molecule has 3 nitrogen and oxygen atoms in total. The SMILES string of the molecule is O=C(C=C=C1CCC(F)C(O)C1)NC1=CC=CC(Cl)C1Cl. The van der Waals surface area contributed by atoms with E-state index in [2.05, 4.69) is 11.0 Å². The molecule has 2 N–H and O–H groups in total. The molecule has 0 aliphatic heterocycles. The second-order valence-corrected chi connectivity index (χ2v) is 6.03. The van der Waals surface area contributed by atoms with Crippen molar-refractivity contribution >= 4 is 29.1 Å². The topological polar surface area (TPSA) is 49.3 Å². The highest BCUT2D eigenvalue weighted by Gasteiger charge is 2.25. The lowest BCUT2D eigenvalue weighted by atomic mass is 9.91. The lowest BCUT2D eigenvalue weighted by Gasteiger charge is -2.22. The Hall–Kier alpha value is -1.06. The molecule has 4 unspecified atom stereocenters. The second kappa shape index (κ2) is 7.28. The van der Waals surface area contributed by atoms with Gasteiger partial charge < -0.3 is 10.4 Å². The van der Waals surface area contributed by atoms with Crippen molar-refractivity contribution in [2.75, 3.05) is 0 Å². The predicted molar refractivity (Wildman–Crippen MR) is 81.0 cm³/mol. The molecule has 0 bridgehead atoms. The first kappa shape index (κ1) is 16.3. The molecule has 21 heavy (non-hydrogen) atoms. The molecule has 0 saturated heterocycles. The first-order chi connectivity index (χ1) is 9.97. The Balaban J connectivity index is 1.97. The maximum Gasteiger partial charge on any atom is 0.255 e. The summed E-state index contributed by atoms with van der Waals surface area (Å²) in [6.45, 7) is 0. The van der Waals surface area contributed by atoms with Crippen LogP contribution in [0.25, 0.3) is 0 Å². The largest absolute Gasteiger partial charge is 0.390 e. The molecule has 0 spiro atoms. The van der Waals surface area contributed by atoms with Crippen LogP contribution in [0.15, 0.2) is 41.3 Å².